The summed E-state index contributed by atoms with van der Waals surface area (Å²) >= 11 is 3.13. The summed E-state index contributed by atoms with van der Waals surface area (Å²) in [6.07, 6.45) is -0.931. The second-order valence-corrected chi connectivity index (χ2v) is 5.52. The predicted octanol–water partition coefficient (Wildman–Crippen LogP) is 4.20. The monoisotopic (exact) mass is 342 g/mol. The van der Waals surface area contributed by atoms with Crippen LogP contribution in [0.2, 0.25) is 0 Å². The Hall–Kier alpha value is -1.33. The molecule has 1 unspecified atom stereocenters. The molecule has 1 atom stereocenters. The van der Waals surface area contributed by atoms with Gasteiger partial charge in [0.1, 0.15) is 29.2 Å². The van der Waals surface area contributed by atoms with Gasteiger partial charge < -0.3 is 14.3 Å². The Morgan fingerprint density at radius 1 is 1.25 bits per heavy atom. The topological polar surface area (TPSA) is 42.6 Å². The summed E-state index contributed by atoms with van der Waals surface area (Å²) in [5.74, 6) is 1.28. The first kappa shape index (κ1) is 15.1. The summed E-state index contributed by atoms with van der Waals surface area (Å²) in [5, 5.41) is 10.6. The minimum Gasteiger partial charge on any atom is -0.496 e. The first-order valence-corrected chi connectivity index (χ1v) is 6.93. The number of aryl methyl sites for hydroxylation is 2. The van der Waals surface area contributed by atoms with Crippen LogP contribution in [0.15, 0.2) is 21.0 Å². The van der Waals surface area contributed by atoms with Crippen LogP contribution in [0.1, 0.15) is 34.3 Å². The molecule has 0 aliphatic carbocycles. The molecule has 3 nitrogen and oxygen atoms in total. The molecule has 2 aromatic rings. The van der Waals surface area contributed by atoms with Gasteiger partial charge in [0.15, 0.2) is 0 Å². The fourth-order valence-corrected chi connectivity index (χ4v) is 2.66. The van der Waals surface area contributed by atoms with Crippen molar-refractivity contribution in [2.24, 2.45) is 0 Å². The first-order chi connectivity index (χ1) is 9.36. The van der Waals surface area contributed by atoms with Crippen LogP contribution in [0.3, 0.4) is 0 Å². The third-order valence-corrected chi connectivity index (χ3v) is 4.07. The molecule has 1 aromatic heterocycles. The van der Waals surface area contributed by atoms with Gasteiger partial charge in [0.2, 0.25) is 0 Å². The maximum absolute atomic E-state index is 13.5. The SMILES string of the molecule is COc1cc(F)c(Br)cc1C(O)c1c(C)oc(C)c1C. The largest absolute Gasteiger partial charge is 0.496 e. The Labute approximate surface area is 125 Å². The number of rotatable bonds is 3. The lowest BCUT2D eigenvalue weighted by Gasteiger charge is -2.16. The van der Waals surface area contributed by atoms with E-state index in [0.29, 0.717) is 22.6 Å². The highest BCUT2D eigenvalue weighted by Crippen LogP contribution is 2.37. The summed E-state index contributed by atoms with van der Waals surface area (Å²) < 4.78 is 24.5. The van der Waals surface area contributed by atoms with Crippen LogP contribution < -0.4 is 4.74 Å². The van der Waals surface area contributed by atoms with E-state index in [9.17, 15) is 9.50 Å². The Morgan fingerprint density at radius 3 is 2.40 bits per heavy atom. The van der Waals surface area contributed by atoms with Gasteiger partial charge in [-0.05, 0) is 48.3 Å². The van der Waals surface area contributed by atoms with Crippen molar-refractivity contribution in [2.75, 3.05) is 7.11 Å². The number of ether oxygens (including phenoxy) is 1. The third kappa shape index (κ3) is 2.47. The summed E-state index contributed by atoms with van der Waals surface area (Å²) in [6.45, 7) is 5.52. The van der Waals surface area contributed by atoms with E-state index in [-0.39, 0.29) is 4.47 Å². The van der Waals surface area contributed by atoms with E-state index in [0.717, 1.165) is 11.3 Å². The minimum atomic E-state index is -0.931. The van der Waals surface area contributed by atoms with Crippen molar-refractivity contribution in [1.29, 1.82) is 0 Å². The van der Waals surface area contributed by atoms with E-state index in [4.69, 9.17) is 9.15 Å². The van der Waals surface area contributed by atoms with Crippen LogP contribution in [-0.2, 0) is 0 Å². The molecule has 0 aliphatic rings. The van der Waals surface area contributed by atoms with Crippen LogP contribution in [0.4, 0.5) is 4.39 Å². The van der Waals surface area contributed by atoms with Crippen molar-refractivity contribution in [3.05, 3.63) is 50.6 Å². The first-order valence-electron chi connectivity index (χ1n) is 6.14. The average Bonchev–Trinajstić information content (AvgIpc) is 2.65. The Bertz CT molecular complexity index is 649. The Balaban J connectivity index is 2.58. The zero-order valence-corrected chi connectivity index (χ0v) is 13.3. The van der Waals surface area contributed by atoms with Gasteiger partial charge in [0, 0.05) is 17.2 Å². The fourth-order valence-electron chi connectivity index (χ4n) is 2.30. The third-order valence-electron chi connectivity index (χ3n) is 3.46. The quantitative estimate of drug-likeness (QED) is 0.908. The summed E-state index contributed by atoms with van der Waals surface area (Å²) in [6, 6.07) is 2.78. The molecule has 0 bridgehead atoms. The molecule has 0 amide bonds. The lowest BCUT2D eigenvalue weighted by molar-refractivity contribution is 0.211. The molecule has 5 heteroatoms. The van der Waals surface area contributed by atoms with E-state index in [2.05, 4.69) is 15.9 Å². The van der Waals surface area contributed by atoms with Gasteiger partial charge in [-0.15, -0.1) is 0 Å². The summed E-state index contributed by atoms with van der Waals surface area (Å²) in [4.78, 5) is 0. The number of aliphatic hydroxyl groups excluding tert-OH is 1. The van der Waals surface area contributed by atoms with E-state index in [1.807, 2.05) is 13.8 Å². The Kier molecular flexibility index (Phi) is 4.20. The second kappa shape index (κ2) is 5.58. The van der Waals surface area contributed by atoms with Crippen molar-refractivity contribution >= 4 is 15.9 Å². The molecule has 0 saturated heterocycles. The van der Waals surface area contributed by atoms with Gasteiger partial charge in [0.05, 0.1) is 11.6 Å². The number of furan rings is 1. The van der Waals surface area contributed by atoms with E-state index < -0.39 is 11.9 Å². The molecule has 108 valence electrons. The highest BCUT2D eigenvalue weighted by atomic mass is 79.9. The van der Waals surface area contributed by atoms with Crippen LogP contribution in [0.5, 0.6) is 5.75 Å². The molecule has 20 heavy (non-hydrogen) atoms. The van der Waals surface area contributed by atoms with Crippen LogP contribution in [0.25, 0.3) is 0 Å². The second-order valence-electron chi connectivity index (χ2n) is 4.66. The summed E-state index contributed by atoms with van der Waals surface area (Å²) in [7, 11) is 1.44. The molecule has 0 spiro atoms. The van der Waals surface area contributed by atoms with Crippen LogP contribution in [-0.4, -0.2) is 12.2 Å². The lowest BCUT2D eigenvalue weighted by Crippen LogP contribution is -2.05. The van der Waals surface area contributed by atoms with Gasteiger partial charge in [-0.25, -0.2) is 4.39 Å². The normalized spacial score (nSPS) is 12.6. The molecular formula is C15H16BrFO3. The number of hydrogen-bond donors (Lipinski definition) is 1. The number of aliphatic hydroxyl groups is 1. The zero-order valence-electron chi connectivity index (χ0n) is 11.8. The highest BCUT2D eigenvalue weighted by Gasteiger charge is 2.24. The van der Waals surface area contributed by atoms with E-state index in [1.54, 1.807) is 6.92 Å². The molecule has 1 N–H and O–H groups in total. The lowest BCUT2D eigenvalue weighted by atomic mass is 9.97. The van der Waals surface area contributed by atoms with E-state index >= 15 is 0 Å². The van der Waals surface area contributed by atoms with Crippen molar-refractivity contribution in [3.63, 3.8) is 0 Å². The predicted molar refractivity (Wildman–Crippen MR) is 77.6 cm³/mol. The molecule has 0 fully saturated rings. The maximum Gasteiger partial charge on any atom is 0.141 e. The van der Waals surface area contributed by atoms with Gasteiger partial charge in [-0.2, -0.15) is 0 Å². The van der Waals surface area contributed by atoms with Crippen LogP contribution in [0, 0.1) is 26.6 Å². The van der Waals surface area contributed by atoms with Crippen LogP contribution >= 0.6 is 15.9 Å². The standard InChI is InChI=1S/C15H16BrFO3/c1-7-8(2)20-9(3)14(7)15(18)10-5-11(16)12(17)6-13(10)19-4/h5-6,15,18H,1-4H3. The van der Waals surface area contributed by atoms with Gasteiger partial charge in [0.25, 0.3) is 0 Å². The average molecular weight is 343 g/mol. The number of methoxy groups -OCH3 is 1. The Morgan fingerprint density at radius 2 is 1.90 bits per heavy atom. The van der Waals surface area contributed by atoms with Crippen molar-refractivity contribution < 1.29 is 18.7 Å². The van der Waals surface area contributed by atoms with Gasteiger partial charge in [-0.3, -0.25) is 0 Å². The number of benzene rings is 1. The molecule has 1 aromatic carbocycles. The smallest absolute Gasteiger partial charge is 0.141 e. The molecule has 0 saturated carbocycles. The fraction of sp³-hybridized carbons (Fsp3) is 0.333. The molecule has 1 heterocycles. The molecule has 2 rings (SSSR count). The minimum absolute atomic E-state index is 0.280. The number of halogens is 2. The van der Waals surface area contributed by atoms with Gasteiger partial charge >= 0.3 is 0 Å². The van der Waals surface area contributed by atoms with E-state index in [1.165, 1.54) is 19.2 Å². The molecular weight excluding hydrogens is 327 g/mol. The van der Waals surface area contributed by atoms with Crippen molar-refractivity contribution in [1.82, 2.24) is 0 Å². The highest BCUT2D eigenvalue weighted by molar-refractivity contribution is 9.10. The van der Waals surface area contributed by atoms with Crippen molar-refractivity contribution in [3.8, 4) is 5.75 Å². The van der Waals surface area contributed by atoms with Gasteiger partial charge in [-0.1, -0.05) is 0 Å². The molecule has 0 aliphatic heterocycles. The number of hydrogen-bond acceptors (Lipinski definition) is 3. The molecule has 0 radical (unpaired) electrons. The maximum atomic E-state index is 13.5. The summed E-state index contributed by atoms with van der Waals surface area (Å²) in [5.41, 5.74) is 2.07. The zero-order chi connectivity index (χ0) is 15.0. The van der Waals surface area contributed by atoms with Crippen molar-refractivity contribution in [2.45, 2.75) is 26.9 Å².